The summed E-state index contributed by atoms with van der Waals surface area (Å²) in [4.78, 5) is 0. The molecule has 0 saturated heterocycles. The van der Waals surface area contributed by atoms with Crippen LogP contribution in [0.1, 0.15) is 23.2 Å². The molecule has 1 heterocycles. The van der Waals surface area contributed by atoms with Gasteiger partial charge >= 0.3 is 6.18 Å². The van der Waals surface area contributed by atoms with Gasteiger partial charge in [0.05, 0.1) is 23.1 Å². The van der Waals surface area contributed by atoms with E-state index in [4.69, 9.17) is 5.11 Å². The molecule has 1 aromatic heterocycles. The number of hydrogen-bond acceptors (Lipinski definition) is 3. The van der Waals surface area contributed by atoms with Crippen molar-refractivity contribution in [2.75, 3.05) is 6.61 Å². The third kappa shape index (κ3) is 3.16. The van der Waals surface area contributed by atoms with Gasteiger partial charge in [-0.1, -0.05) is 11.3 Å². The normalized spacial score (nSPS) is 11.8. The molecule has 0 aliphatic heterocycles. The van der Waals surface area contributed by atoms with Crippen LogP contribution in [0.3, 0.4) is 0 Å². The van der Waals surface area contributed by atoms with Crippen molar-refractivity contribution in [2.45, 2.75) is 25.9 Å². The molecular formula is C13H14F3N3O. The van der Waals surface area contributed by atoms with E-state index < -0.39 is 11.7 Å². The molecule has 0 bridgehead atoms. The van der Waals surface area contributed by atoms with Crippen LogP contribution in [0.2, 0.25) is 0 Å². The van der Waals surface area contributed by atoms with Crippen LogP contribution in [0.4, 0.5) is 13.2 Å². The molecule has 0 unspecified atom stereocenters. The van der Waals surface area contributed by atoms with Crippen molar-refractivity contribution in [3.05, 3.63) is 41.2 Å². The molecule has 20 heavy (non-hydrogen) atoms. The van der Waals surface area contributed by atoms with Gasteiger partial charge in [0.2, 0.25) is 0 Å². The smallest absolute Gasteiger partial charge is 0.396 e. The molecular weight excluding hydrogens is 271 g/mol. The number of alkyl halides is 3. The van der Waals surface area contributed by atoms with Crippen LogP contribution >= 0.6 is 0 Å². The van der Waals surface area contributed by atoms with Gasteiger partial charge in [-0.05, 0) is 37.5 Å². The van der Waals surface area contributed by atoms with E-state index in [1.54, 1.807) is 12.3 Å². The molecule has 0 amide bonds. The second-order valence-electron chi connectivity index (χ2n) is 4.48. The Labute approximate surface area is 113 Å². The Balaban J connectivity index is 2.31. The van der Waals surface area contributed by atoms with Gasteiger partial charge in [0.1, 0.15) is 0 Å². The highest BCUT2D eigenvalue weighted by molar-refractivity contribution is 5.41. The number of rotatable bonds is 4. The third-order valence-corrected chi connectivity index (χ3v) is 2.92. The Bertz CT molecular complexity index is 593. The van der Waals surface area contributed by atoms with Gasteiger partial charge in [-0.2, -0.15) is 13.2 Å². The second-order valence-corrected chi connectivity index (χ2v) is 4.48. The highest BCUT2D eigenvalue weighted by Gasteiger charge is 2.32. The molecule has 7 heteroatoms. The van der Waals surface area contributed by atoms with E-state index in [0.717, 1.165) is 6.07 Å². The molecule has 0 fully saturated rings. The fraction of sp³-hybridized carbons (Fsp3) is 0.385. The molecule has 0 spiro atoms. The molecule has 1 N–H and O–H groups in total. The van der Waals surface area contributed by atoms with E-state index in [1.807, 2.05) is 0 Å². The number of hydrogen-bond donors (Lipinski definition) is 1. The number of nitrogens with zero attached hydrogens (tertiary/aromatic N) is 3. The van der Waals surface area contributed by atoms with Gasteiger partial charge in [-0.25, -0.2) is 4.68 Å². The number of aryl methyl sites for hydroxylation is 2. The van der Waals surface area contributed by atoms with Crippen LogP contribution in [0.15, 0.2) is 24.4 Å². The van der Waals surface area contributed by atoms with E-state index in [9.17, 15) is 13.2 Å². The summed E-state index contributed by atoms with van der Waals surface area (Å²) < 4.78 is 39.8. The lowest BCUT2D eigenvalue weighted by atomic mass is 10.1. The first-order chi connectivity index (χ1) is 9.41. The first-order valence-corrected chi connectivity index (χ1v) is 6.12. The summed E-state index contributed by atoms with van der Waals surface area (Å²) in [5.41, 5.74) is 0.433. The number of aliphatic hydroxyl groups excluding tert-OH is 1. The Morgan fingerprint density at radius 1 is 1.30 bits per heavy atom. The minimum atomic E-state index is -4.39. The van der Waals surface area contributed by atoms with Crippen LogP contribution in [0.5, 0.6) is 0 Å². The molecule has 0 atom stereocenters. The van der Waals surface area contributed by atoms with Gasteiger partial charge in [-0.3, -0.25) is 0 Å². The molecule has 2 aromatic rings. The summed E-state index contributed by atoms with van der Waals surface area (Å²) in [5, 5.41) is 16.4. The van der Waals surface area contributed by atoms with E-state index in [2.05, 4.69) is 10.3 Å². The summed E-state index contributed by atoms with van der Waals surface area (Å²) in [6, 6.07) is 4.03. The van der Waals surface area contributed by atoms with E-state index in [-0.39, 0.29) is 12.2 Å². The Kier molecular flexibility index (Phi) is 4.08. The minimum Gasteiger partial charge on any atom is -0.396 e. The Morgan fingerprint density at radius 2 is 2.05 bits per heavy atom. The van der Waals surface area contributed by atoms with Gasteiger partial charge in [0, 0.05) is 6.61 Å². The predicted molar refractivity (Wildman–Crippen MR) is 66.5 cm³/mol. The van der Waals surface area contributed by atoms with Crippen LogP contribution in [-0.2, 0) is 12.6 Å². The molecule has 108 valence electrons. The Hall–Kier alpha value is -1.89. The van der Waals surface area contributed by atoms with Crippen molar-refractivity contribution in [3.8, 4) is 5.69 Å². The highest BCUT2D eigenvalue weighted by Crippen LogP contribution is 2.32. The monoisotopic (exact) mass is 285 g/mol. The van der Waals surface area contributed by atoms with Crippen LogP contribution < -0.4 is 0 Å². The zero-order valence-corrected chi connectivity index (χ0v) is 10.9. The highest BCUT2D eigenvalue weighted by atomic mass is 19.4. The molecule has 1 aromatic carbocycles. The molecule has 0 radical (unpaired) electrons. The van der Waals surface area contributed by atoms with Crippen molar-refractivity contribution < 1.29 is 18.3 Å². The lowest BCUT2D eigenvalue weighted by Crippen LogP contribution is -2.09. The van der Waals surface area contributed by atoms with E-state index in [0.29, 0.717) is 24.2 Å². The molecule has 0 saturated carbocycles. The molecule has 0 aliphatic carbocycles. The van der Waals surface area contributed by atoms with Crippen molar-refractivity contribution in [1.29, 1.82) is 0 Å². The zero-order valence-electron chi connectivity index (χ0n) is 10.9. The molecule has 2 rings (SSSR count). The Morgan fingerprint density at radius 3 is 2.70 bits per heavy atom. The lowest BCUT2D eigenvalue weighted by molar-refractivity contribution is -0.138. The second kappa shape index (κ2) is 5.62. The van der Waals surface area contributed by atoms with Crippen LogP contribution in [0.25, 0.3) is 5.69 Å². The standard InChI is InChI=1S/C13H14F3N3O/c1-9-4-5-11(7-12(9)13(14,15)16)19-8-10(17-18-19)3-2-6-20/h4-5,7-8,20H,2-3,6H2,1H3. The summed E-state index contributed by atoms with van der Waals surface area (Å²) >= 11 is 0. The summed E-state index contributed by atoms with van der Waals surface area (Å²) in [5.74, 6) is 0. The zero-order chi connectivity index (χ0) is 14.8. The minimum absolute atomic E-state index is 0.0373. The largest absolute Gasteiger partial charge is 0.416 e. The number of benzene rings is 1. The fourth-order valence-electron chi connectivity index (χ4n) is 1.86. The number of aromatic nitrogens is 3. The van der Waals surface area contributed by atoms with Crippen molar-refractivity contribution >= 4 is 0 Å². The van der Waals surface area contributed by atoms with Crippen molar-refractivity contribution in [1.82, 2.24) is 15.0 Å². The average molecular weight is 285 g/mol. The van der Waals surface area contributed by atoms with Crippen molar-refractivity contribution in [3.63, 3.8) is 0 Å². The third-order valence-electron chi connectivity index (χ3n) is 2.92. The number of halogens is 3. The molecule has 0 aliphatic rings. The summed E-state index contributed by atoms with van der Waals surface area (Å²) in [7, 11) is 0. The topological polar surface area (TPSA) is 50.9 Å². The SMILES string of the molecule is Cc1ccc(-n2cc(CCCO)nn2)cc1C(F)(F)F. The van der Waals surface area contributed by atoms with Crippen LogP contribution in [-0.4, -0.2) is 26.7 Å². The lowest BCUT2D eigenvalue weighted by Gasteiger charge is -2.11. The first kappa shape index (κ1) is 14.5. The van der Waals surface area contributed by atoms with Crippen molar-refractivity contribution in [2.24, 2.45) is 0 Å². The maximum atomic E-state index is 12.8. The maximum absolute atomic E-state index is 12.8. The fourth-order valence-corrected chi connectivity index (χ4v) is 1.86. The van der Waals surface area contributed by atoms with Crippen LogP contribution in [0, 0.1) is 6.92 Å². The predicted octanol–water partition coefficient (Wildman–Crippen LogP) is 2.52. The van der Waals surface area contributed by atoms with Gasteiger partial charge in [0.15, 0.2) is 0 Å². The maximum Gasteiger partial charge on any atom is 0.416 e. The van der Waals surface area contributed by atoms with Gasteiger partial charge < -0.3 is 5.11 Å². The molecule has 4 nitrogen and oxygen atoms in total. The van der Waals surface area contributed by atoms with E-state index >= 15 is 0 Å². The summed E-state index contributed by atoms with van der Waals surface area (Å²) in [6.07, 6.45) is -1.74. The van der Waals surface area contributed by atoms with Gasteiger partial charge in [0.25, 0.3) is 0 Å². The van der Waals surface area contributed by atoms with Gasteiger partial charge in [-0.15, -0.1) is 5.10 Å². The first-order valence-electron chi connectivity index (χ1n) is 6.12. The quantitative estimate of drug-likeness (QED) is 0.939. The summed E-state index contributed by atoms with van der Waals surface area (Å²) in [6.45, 7) is 1.45. The number of aliphatic hydroxyl groups is 1. The average Bonchev–Trinajstić information content (AvgIpc) is 2.84. The van der Waals surface area contributed by atoms with E-state index in [1.165, 1.54) is 17.7 Å².